The minimum atomic E-state index is -5.33. The van der Waals surface area contributed by atoms with E-state index in [0.29, 0.717) is 0 Å². The lowest BCUT2D eigenvalue weighted by molar-refractivity contribution is 0.109. The van der Waals surface area contributed by atoms with E-state index in [-0.39, 0.29) is 0 Å². The average Bonchev–Trinajstić information content (AvgIpc) is 1.81. The van der Waals surface area contributed by atoms with E-state index in [1.165, 1.54) is 5.32 Å². The van der Waals surface area contributed by atoms with Crippen LogP contribution in [-0.4, -0.2) is 36.9 Å². The third-order valence-electron chi connectivity index (χ3n) is 1.15. The normalized spacial score (nSPS) is 14.8. The molecule has 0 spiro atoms. The van der Waals surface area contributed by atoms with Gasteiger partial charge in [0, 0.05) is 0 Å². The SMILES string of the molecule is CNC(O)(P(=O)(O)O)P(=O)(O)O. The first-order valence-corrected chi connectivity index (χ1v) is 5.81. The van der Waals surface area contributed by atoms with Gasteiger partial charge in [-0.15, -0.1) is 0 Å². The molecule has 0 heterocycles. The van der Waals surface area contributed by atoms with Crippen molar-refractivity contribution < 1.29 is 33.8 Å². The summed E-state index contributed by atoms with van der Waals surface area (Å²) >= 11 is 0. The van der Waals surface area contributed by atoms with Gasteiger partial charge in [0.2, 0.25) is 0 Å². The van der Waals surface area contributed by atoms with E-state index >= 15 is 0 Å². The van der Waals surface area contributed by atoms with Gasteiger partial charge in [-0.05, 0) is 7.05 Å². The van der Waals surface area contributed by atoms with Crippen LogP contribution in [0.3, 0.4) is 0 Å². The smallest absolute Gasteiger partial charge is 0.356 e. The summed E-state index contributed by atoms with van der Waals surface area (Å²) in [6, 6.07) is 0. The average molecular weight is 221 g/mol. The number of hydrogen-bond donors (Lipinski definition) is 6. The minimum absolute atomic E-state index is 0.818. The van der Waals surface area contributed by atoms with Crippen molar-refractivity contribution in [1.82, 2.24) is 5.32 Å². The van der Waals surface area contributed by atoms with Crippen molar-refractivity contribution >= 4 is 15.2 Å². The molecule has 0 radical (unpaired) electrons. The molecular weight excluding hydrogens is 212 g/mol. The first-order valence-electron chi connectivity index (χ1n) is 2.59. The van der Waals surface area contributed by atoms with E-state index in [0.717, 1.165) is 7.05 Å². The van der Waals surface area contributed by atoms with Gasteiger partial charge in [-0.3, -0.25) is 14.4 Å². The van der Waals surface area contributed by atoms with Gasteiger partial charge in [0.15, 0.2) is 0 Å². The fourth-order valence-electron chi connectivity index (χ4n) is 0.461. The Labute approximate surface area is 67.6 Å². The van der Waals surface area contributed by atoms with Crippen molar-refractivity contribution in [2.75, 3.05) is 7.05 Å². The number of rotatable bonds is 3. The first kappa shape index (κ1) is 12.2. The zero-order chi connectivity index (χ0) is 10.2. The molecule has 0 aliphatic heterocycles. The highest BCUT2D eigenvalue weighted by Gasteiger charge is 2.58. The van der Waals surface area contributed by atoms with Gasteiger partial charge in [0.25, 0.3) is 0 Å². The Hall–Kier alpha value is 0.220. The molecule has 0 atom stereocenters. The quantitative estimate of drug-likeness (QED) is 0.240. The van der Waals surface area contributed by atoms with Crippen LogP contribution in [0.25, 0.3) is 0 Å². The Morgan fingerprint density at radius 1 is 1.08 bits per heavy atom. The van der Waals surface area contributed by atoms with Crippen LogP contribution < -0.4 is 5.32 Å². The van der Waals surface area contributed by atoms with Gasteiger partial charge < -0.3 is 24.7 Å². The van der Waals surface area contributed by atoms with Crippen LogP contribution in [0.1, 0.15) is 0 Å². The third kappa shape index (κ3) is 1.93. The van der Waals surface area contributed by atoms with E-state index in [9.17, 15) is 9.13 Å². The lowest BCUT2D eigenvalue weighted by Gasteiger charge is -2.27. The molecule has 0 aliphatic carbocycles. The van der Waals surface area contributed by atoms with Crippen LogP contribution in [0.5, 0.6) is 0 Å². The van der Waals surface area contributed by atoms with Gasteiger partial charge in [0.1, 0.15) is 0 Å². The molecule has 6 N–H and O–H groups in total. The van der Waals surface area contributed by atoms with Gasteiger partial charge in [0.05, 0.1) is 0 Å². The zero-order valence-electron chi connectivity index (χ0n) is 5.95. The van der Waals surface area contributed by atoms with Crippen molar-refractivity contribution in [2.45, 2.75) is 5.21 Å². The van der Waals surface area contributed by atoms with Crippen molar-refractivity contribution in [3.05, 3.63) is 0 Å². The lowest BCUT2D eigenvalue weighted by atomic mass is 11.1. The van der Waals surface area contributed by atoms with Gasteiger partial charge in [-0.2, -0.15) is 0 Å². The molecule has 0 bridgehead atoms. The van der Waals surface area contributed by atoms with Crippen molar-refractivity contribution in [2.24, 2.45) is 0 Å². The fourth-order valence-corrected chi connectivity index (χ4v) is 2.40. The van der Waals surface area contributed by atoms with Crippen LogP contribution in [0.15, 0.2) is 0 Å². The maximum Gasteiger partial charge on any atom is 0.384 e. The predicted molar refractivity (Wildman–Crippen MR) is 38.1 cm³/mol. The van der Waals surface area contributed by atoms with E-state index in [1.807, 2.05) is 0 Å². The number of hydrogen-bond acceptors (Lipinski definition) is 4. The minimum Gasteiger partial charge on any atom is -0.356 e. The monoisotopic (exact) mass is 221 g/mol. The molecular formula is C2H9NO7P2. The largest absolute Gasteiger partial charge is 0.384 e. The zero-order valence-corrected chi connectivity index (χ0v) is 7.74. The van der Waals surface area contributed by atoms with Crippen LogP contribution in [-0.2, 0) is 9.13 Å². The van der Waals surface area contributed by atoms with E-state index in [1.54, 1.807) is 0 Å². The predicted octanol–water partition coefficient (Wildman–Crippen LogP) is -1.84. The summed E-state index contributed by atoms with van der Waals surface area (Å²) in [6.45, 7) is 0. The molecule has 0 aromatic heterocycles. The first-order chi connectivity index (χ1) is 5.06. The second kappa shape index (κ2) is 3.17. The van der Waals surface area contributed by atoms with E-state index in [2.05, 4.69) is 0 Å². The standard InChI is InChI=1S/C2H9NO7P2/c1-3-2(4,11(5,6)7)12(8,9)10/h3-4H,1H3,(H2,5,6,7)(H2,8,9,10). The van der Waals surface area contributed by atoms with Gasteiger partial charge >= 0.3 is 20.4 Å². The molecule has 0 aromatic carbocycles. The maximum absolute atomic E-state index is 10.4. The van der Waals surface area contributed by atoms with E-state index < -0.39 is 20.4 Å². The molecule has 0 aromatic rings. The Morgan fingerprint density at radius 3 is 1.33 bits per heavy atom. The third-order valence-corrected chi connectivity index (χ3v) is 4.78. The fraction of sp³-hybridized carbons (Fsp3) is 1.00. The lowest BCUT2D eigenvalue weighted by Crippen LogP contribution is -2.41. The molecule has 8 nitrogen and oxygen atoms in total. The summed E-state index contributed by atoms with van der Waals surface area (Å²) < 4.78 is 20.8. The van der Waals surface area contributed by atoms with Crippen molar-refractivity contribution in [1.29, 1.82) is 0 Å². The number of aliphatic hydroxyl groups is 1. The number of nitrogens with one attached hydrogen (secondary N) is 1. The molecule has 0 unspecified atom stereocenters. The maximum atomic E-state index is 10.4. The highest BCUT2D eigenvalue weighted by Crippen LogP contribution is 2.65. The second-order valence-electron chi connectivity index (χ2n) is 1.97. The van der Waals surface area contributed by atoms with Crippen LogP contribution in [0.2, 0.25) is 0 Å². The summed E-state index contributed by atoms with van der Waals surface area (Å²) in [5, 5.41) is 6.84. The molecule has 0 aliphatic rings. The Morgan fingerprint density at radius 2 is 1.33 bits per heavy atom. The van der Waals surface area contributed by atoms with Gasteiger partial charge in [-0.1, -0.05) is 0 Å². The Bertz CT molecular complexity index is 228. The molecule has 12 heavy (non-hydrogen) atoms. The van der Waals surface area contributed by atoms with Gasteiger partial charge in [-0.25, -0.2) is 0 Å². The van der Waals surface area contributed by atoms with Crippen LogP contribution in [0.4, 0.5) is 0 Å². The van der Waals surface area contributed by atoms with Crippen molar-refractivity contribution in [3.8, 4) is 0 Å². The molecule has 0 saturated carbocycles. The molecule has 0 saturated heterocycles. The molecule has 10 heteroatoms. The molecule has 74 valence electrons. The second-order valence-corrected chi connectivity index (χ2v) is 5.80. The van der Waals surface area contributed by atoms with E-state index in [4.69, 9.17) is 24.7 Å². The molecule has 0 fully saturated rings. The summed E-state index contributed by atoms with van der Waals surface area (Å²) in [5.74, 6) is 0. The Balaban J connectivity index is 5.25. The molecule has 0 amide bonds. The van der Waals surface area contributed by atoms with Crippen LogP contribution in [0, 0.1) is 0 Å². The Kier molecular flexibility index (Phi) is 3.23. The highest BCUT2D eigenvalue weighted by atomic mass is 31.2. The van der Waals surface area contributed by atoms with Crippen molar-refractivity contribution in [3.63, 3.8) is 0 Å². The summed E-state index contributed by atoms with van der Waals surface area (Å²) in [4.78, 5) is 33.5. The van der Waals surface area contributed by atoms with Crippen LogP contribution >= 0.6 is 15.2 Å². The topological polar surface area (TPSA) is 147 Å². The summed E-state index contributed by atoms with van der Waals surface area (Å²) in [7, 11) is -9.84. The summed E-state index contributed by atoms with van der Waals surface area (Å²) in [5.41, 5.74) is 0. The highest BCUT2D eigenvalue weighted by molar-refractivity contribution is 7.71. The molecule has 0 rings (SSSR count). The summed E-state index contributed by atoms with van der Waals surface area (Å²) in [6.07, 6.45) is 0.